The zero-order valence-electron chi connectivity index (χ0n) is 14.0. The van der Waals surface area contributed by atoms with Crippen molar-refractivity contribution in [3.8, 4) is 0 Å². The first kappa shape index (κ1) is 19.0. The monoisotopic (exact) mass is 278 g/mol. The van der Waals surface area contributed by atoms with Gasteiger partial charge in [0.2, 0.25) is 0 Å². The molecule has 2 atom stereocenters. The number of aliphatic hydroxyl groups excluding tert-OH is 1. The van der Waals surface area contributed by atoms with Crippen LogP contribution in [0.2, 0.25) is 0 Å². The summed E-state index contributed by atoms with van der Waals surface area (Å²) < 4.78 is 0. The number of rotatable bonds is 11. The molecule has 0 bridgehead atoms. The van der Waals surface area contributed by atoms with Crippen LogP contribution >= 0.6 is 0 Å². The lowest BCUT2D eigenvalue weighted by molar-refractivity contribution is 0.335. The van der Waals surface area contributed by atoms with Crippen molar-refractivity contribution < 1.29 is 5.11 Å². The van der Waals surface area contributed by atoms with E-state index in [9.17, 15) is 5.11 Å². The number of hydrogen-bond donors (Lipinski definition) is 1. The van der Waals surface area contributed by atoms with Crippen molar-refractivity contribution in [3.05, 3.63) is 36.1 Å². The van der Waals surface area contributed by atoms with E-state index in [1.165, 1.54) is 37.7 Å². The van der Waals surface area contributed by atoms with Gasteiger partial charge in [-0.05, 0) is 58.3 Å². The summed E-state index contributed by atoms with van der Waals surface area (Å²) in [7, 11) is 0. The standard InChI is InChI=1S/C19H34O/c1-6-7-8-11-16(2)12-9-13-17(3)14-10-15-18(4)19(5)20/h6-7,14,16,18,20H,5,8-13,15H2,1-4H3/b7-6-,17-14+. The number of hydrogen-bond acceptors (Lipinski definition) is 1. The van der Waals surface area contributed by atoms with Crippen molar-refractivity contribution in [1.82, 2.24) is 0 Å². The molecule has 1 heteroatoms. The second-order valence-corrected chi connectivity index (χ2v) is 6.16. The highest BCUT2D eigenvalue weighted by atomic mass is 16.3. The first-order valence-electron chi connectivity index (χ1n) is 8.11. The predicted molar refractivity (Wildman–Crippen MR) is 91.0 cm³/mol. The maximum Gasteiger partial charge on any atom is 0.0879 e. The highest BCUT2D eigenvalue weighted by Gasteiger charge is 2.04. The van der Waals surface area contributed by atoms with E-state index in [2.05, 4.69) is 45.6 Å². The van der Waals surface area contributed by atoms with E-state index in [-0.39, 0.29) is 5.92 Å². The molecule has 0 aliphatic carbocycles. The molecule has 1 N–H and O–H groups in total. The number of allylic oxidation sites excluding steroid dienone is 5. The van der Waals surface area contributed by atoms with Gasteiger partial charge in [-0.1, -0.05) is 50.6 Å². The van der Waals surface area contributed by atoms with Crippen LogP contribution in [0.5, 0.6) is 0 Å². The second-order valence-electron chi connectivity index (χ2n) is 6.16. The Hall–Kier alpha value is -0.980. The molecule has 0 fully saturated rings. The third kappa shape index (κ3) is 10.9. The van der Waals surface area contributed by atoms with E-state index < -0.39 is 0 Å². The summed E-state index contributed by atoms with van der Waals surface area (Å²) in [5.74, 6) is 1.36. The summed E-state index contributed by atoms with van der Waals surface area (Å²) >= 11 is 0. The molecule has 0 aromatic rings. The lowest BCUT2D eigenvalue weighted by Crippen LogP contribution is -1.96. The van der Waals surface area contributed by atoms with Crippen LogP contribution in [0.1, 0.15) is 72.6 Å². The van der Waals surface area contributed by atoms with Gasteiger partial charge >= 0.3 is 0 Å². The average molecular weight is 278 g/mol. The summed E-state index contributed by atoms with van der Waals surface area (Å²) in [5, 5.41) is 9.26. The largest absolute Gasteiger partial charge is 0.513 e. The van der Waals surface area contributed by atoms with Crippen LogP contribution in [0.15, 0.2) is 36.1 Å². The maximum atomic E-state index is 9.26. The number of aliphatic hydroxyl groups is 1. The first-order valence-corrected chi connectivity index (χ1v) is 8.11. The van der Waals surface area contributed by atoms with Crippen molar-refractivity contribution >= 4 is 0 Å². The Balaban J connectivity index is 3.70. The summed E-state index contributed by atoms with van der Waals surface area (Å²) in [4.78, 5) is 0. The lowest BCUT2D eigenvalue weighted by Gasteiger charge is -2.10. The summed E-state index contributed by atoms with van der Waals surface area (Å²) in [6.07, 6.45) is 15.1. The van der Waals surface area contributed by atoms with Gasteiger partial charge in [0.05, 0.1) is 5.76 Å². The minimum atomic E-state index is 0.214. The summed E-state index contributed by atoms with van der Waals surface area (Å²) in [6, 6.07) is 0. The van der Waals surface area contributed by atoms with Crippen LogP contribution in [0.4, 0.5) is 0 Å². The van der Waals surface area contributed by atoms with E-state index in [1.54, 1.807) is 0 Å². The molecule has 0 aliphatic heterocycles. The van der Waals surface area contributed by atoms with Gasteiger partial charge in [-0.15, -0.1) is 0 Å². The lowest BCUT2D eigenvalue weighted by atomic mass is 9.96. The average Bonchev–Trinajstić information content (AvgIpc) is 2.38. The third-order valence-electron chi connectivity index (χ3n) is 3.99. The van der Waals surface area contributed by atoms with Crippen molar-refractivity contribution in [1.29, 1.82) is 0 Å². The maximum absolute atomic E-state index is 9.26. The van der Waals surface area contributed by atoms with Crippen LogP contribution < -0.4 is 0 Å². The first-order chi connectivity index (χ1) is 9.47. The van der Waals surface area contributed by atoms with Crippen LogP contribution in [-0.4, -0.2) is 5.11 Å². The van der Waals surface area contributed by atoms with Gasteiger partial charge in [0.25, 0.3) is 0 Å². The van der Waals surface area contributed by atoms with Gasteiger partial charge < -0.3 is 5.11 Å². The van der Waals surface area contributed by atoms with Gasteiger partial charge in [-0.3, -0.25) is 0 Å². The molecule has 0 radical (unpaired) electrons. The Labute approximate surface area is 126 Å². The molecule has 2 unspecified atom stereocenters. The molecular weight excluding hydrogens is 244 g/mol. The quantitative estimate of drug-likeness (QED) is 0.334. The molecule has 0 saturated carbocycles. The Kier molecular flexibility index (Phi) is 11.2. The zero-order valence-corrected chi connectivity index (χ0v) is 14.0. The Morgan fingerprint density at radius 2 is 1.85 bits per heavy atom. The molecule has 116 valence electrons. The van der Waals surface area contributed by atoms with Crippen LogP contribution in [0.25, 0.3) is 0 Å². The fourth-order valence-corrected chi connectivity index (χ4v) is 2.27. The topological polar surface area (TPSA) is 20.2 Å². The van der Waals surface area contributed by atoms with Crippen LogP contribution in [0.3, 0.4) is 0 Å². The summed E-state index contributed by atoms with van der Waals surface area (Å²) in [5.41, 5.74) is 1.49. The van der Waals surface area contributed by atoms with E-state index in [4.69, 9.17) is 0 Å². The van der Waals surface area contributed by atoms with Crippen molar-refractivity contribution in [2.75, 3.05) is 0 Å². The normalized spacial score (nSPS) is 15.5. The molecule has 0 aromatic heterocycles. The van der Waals surface area contributed by atoms with E-state index in [1.807, 2.05) is 6.92 Å². The van der Waals surface area contributed by atoms with Gasteiger partial charge in [0, 0.05) is 5.92 Å². The zero-order chi connectivity index (χ0) is 15.4. The Morgan fingerprint density at radius 3 is 2.45 bits per heavy atom. The van der Waals surface area contributed by atoms with Gasteiger partial charge in [-0.2, -0.15) is 0 Å². The van der Waals surface area contributed by atoms with E-state index in [0.29, 0.717) is 5.76 Å². The molecule has 0 heterocycles. The predicted octanol–water partition coefficient (Wildman–Crippen LogP) is 6.58. The van der Waals surface area contributed by atoms with E-state index >= 15 is 0 Å². The molecule has 0 aliphatic rings. The molecule has 1 nitrogen and oxygen atoms in total. The van der Waals surface area contributed by atoms with Crippen molar-refractivity contribution in [2.24, 2.45) is 11.8 Å². The van der Waals surface area contributed by atoms with Gasteiger partial charge in [0.15, 0.2) is 0 Å². The summed E-state index contributed by atoms with van der Waals surface area (Å²) in [6.45, 7) is 12.3. The molecule has 0 aromatic carbocycles. The van der Waals surface area contributed by atoms with Crippen molar-refractivity contribution in [3.63, 3.8) is 0 Å². The molecule has 0 saturated heterocycles. The second kappa shape index (κ2) is 11.8. The minimum absolute atomic E-state index is 0.214. The van der Waals surface area contributed by atoms with Crippen molar-refractivity contribution in [2.45, 2.75) is 72.6 Å². The van der Waals surface area contributed by atoms with Gasteiger partial charge in [-0.25, -0.2) is 0 Å². The Bertz CT molecular complexity index is 312. The molecular formula is C19H34O. The molecule has 20 heavy (non-hydrogen) atoms. The highest BCUT2D eigenvalue weighted by molar-refractivity contribution is 4.98. The van der Waals surface area contributed by atoms with Crippen LogP contribution in [0, 0.1) is 11.8 Å². The SMILES string of the molecule is C=C(O)C(C)CC/C=C(\C)CCCC(C)CC/C=C\C. The van der Waals surface area contributed by atoms with E-state index in [0.717, 1.165) is 18.8 Å². The Morgan fingerprint density at radius 1 is 1.15 bits per heavy atom. The highest BCUT2D eigenvalue weighted by Crippen LogP contribution is 2.18. The third-order valence-corrected chi connectivity index (χ3v) is 3.99. The minimum Gasteiger partial charge on any atom is -0.513 e. The fraction of sp³-hybridized carbons (Fsp3) is 0.684. The smallest absolute Gasteiger partial charge is 0.0879 e. The van der Waals surface area contributed by atoms with Gasteiger partial charge in [0.1, 0.15) is 0 Å². The van der Waals surface area contributed by atoms with Crippen LogP contribution in [-0.2, 0) is 0 Å². The fourth-order valence-electron chi connectivity index (χ4n) is 2.27. The molecule has 0 amide bonds. The molecule has 0 spiro atoms. The molecule has 0 rings (SSSR count).